The average molecular weight is 389 g/mol. The molecule has 3 aromatic rings. The third kappa shape index (κ3) is 2.77. The number of benzene rings is 2. The molecule has 0 radical (unpaired) electrons. The van der Waals surface area contributed by atoms with E-state index in [1.807, 2.05) is 12.1 Å². The van der Waals surface area contributed by atoms with Gasteiger partial charge in [-0.25, -0.2) is 4.39 Å². The second kappa shape index (κ2) is 6.48. The minimum atomic E-state index is -0.652. The Kier molecular flexibility index (Phi) is 3.91. The lowest BCUT2D eigenvalue weighted by Gasteiger charge is -2.29. The van der Waals surface area contributed by atoms with E-state index in [1.54, 1.807) is 30.5 Å². The smallest absolute Gasteiger partial charge is 0.255 e. The molecule has 2 aliphatic heterocycles. The first kappa shape index (κ1) is 17.5. The van der Waals surface area contributed by atoms with Crippen LogP contribution in [0.15, 0.2) is 48.7 Å². The molecule has 144 valence electrons. The number of hydrogen-bond donors (Lipinski definition) is 1. The topological polar surface area (TPSA) is 79.4 Å². The minimum Gasteiger partial charge on any atom is -0.322 e. The first-order valence-corrected chi connectivity index (χ1v) is 9.34. The zero-order valence-corrected chi connectivity index (χ0v) is 15.3. The molecule has 1 N–H and O–H groups in total. The summed E-state index contributed by atoms with van der Waals surface area (Å²) in [6, 6.07) is 11.2. The summed E-state index contributed by atoms with van der Waals surface area (Å²) in [5, 5.41) is 3.48. The summed E-state index contributed by atoms with van der Waals surface area (Å²) in [5.41, 5.74) is 2.73. The summed E-state index contributed by atoms with van der Waals surface area (Å²) in [6.07, 6.45) is 2.10. The summed E-state index contributed by atoms with van der Waals surface area (Å²) in [4.78, 5) is 42.3. The van der Waals surface area contributed by atoms with Crippen LogP contribution in [-0.4, -0.2) is 33.6 Å². The summed E-state index contributed by atoms with van der Waals surface area (Å²) in [6.45, 7) is 0.285. The second-order valence-corrected chi connectivity index (χ2v) is 7.27. The zero-order valence-electron chi connectivity index (χ0n) is 15.3. The Bertz CT molecular complexity index is 1210. The van der Waals surface area contributed by atoms with Crippen LogP contribution < -0.4 is 5.32 Å². The van der Waals surface area contributed by atoms with Crippen LogP contribution >= 0.6 is 0 Å². The number of amides is 3. The molecule has 6 nitrogen and oxygen atoms in total. The Morgan fingerprint density at radius 2 is 1.93 bits per heavy atom. The van der Waals surface area contributed by atoms with Crippen molar-refractivity contribution in [1.29, 1.82) is 0 Å². The van der Waals surface area contributed by atoms with Crippen molar-refractivity contribution in [3.63, 3.8) is 0 Å². The van der Waals surface area contributed by atoms with E-state index in [0.717, 1.165) is 11.1 Å². The number of carbonyl (C=O) groups excluding carboxylic acids is 3. The molecule has 0 spiro atoms. The zero-order chi connectivity index (χ0) is 20.1. The van der Waals surface area contributed by atoms with E-state index < -0.39 is 11.9 Å². The molecule has 0 aliphatic carbocycles. The first-order chi connectivity index (χ1) is 14.0. The highest BCUT2D eigenvalue weighted by Crippen LogP contribution is 2.33. The molecule has 3 heterocycles. The number of aromatic nitrogens is 1. The maximum atomic E-state index is 14.1. The second-order valence-electron chi connectivity index (χ2n) is 7.27. The van der Waals surface area contributed by atoms with Crippen LogP contribution in [0.3, 0.4) is 0 Å². The van der Waals surface area contributed by atoms with Crippen molar-refractivity contribution in [2.24, 2.45) is 0 Å². The van der Waals surface area contributed by atoms with E-state index in [0.29, 0.717) is 28.5 Å². The van der Waals surface area contributed by atoms with Gasteiger partial charge in [0, 0.05) is 41.1 Å². The summed E-state index contributed by atoms with van der Waals surface area (Å²) in [5.74, 6) is -1.29. The summed E-state index contributed by atoms with van der Waals surface area (Å²) >= 11 is 0. The van der Waals surface area contributed by atoms with Gasteiger partial charge >= 0.3 is 0 Å². The van der Waals surface area contributed by atoms with Gasteiger partial charge in [0.05, 0.1) is 5.69 Å². The number of piperidine rings is 1. The highest BCUT2D eigenvalue weighted by molar-refractivity contribution is 6.06. The molecule has 2 aliphatic rings. The molecule has 5 rings (SSSR count). The molecule has 1 saturated heterocycles. The van der Waals surface area contributed by atoms with Gasteiger partial charge in [-0.3, -0.25) is 24.7 Å². The minimum absolute atomic E-state index is 0.216. The van der Waals surface area contributed by atoms with Gasteiger partial charge in [-0.2, -0.15) is 0 Å². The van der Waals surface area contributed by atoms with Crippen molar-refractivity contribution in [3.8, 4) is 11.3 Å². The predicted octanol–water partition coefficient (Wildman–Crippen LogP) is 2.80. The van der Waals surface area contributed by atoms with Gasteiger partial charge < -0.3 is 4.90 Å². The van der Waals surface area contributed by atoms with Crippen molar-refractivity contribution in [3.05, 3.63) is 65.6 Å². The van der Waals surface area contributed by atoms with E-state index in [9.17, 15) is 18.8 Å². The number of nitrogens with one attached hydrogen (secondary N) is 1. The molecule has 2 aromatic carbocycles. The first-order valence-electron chi connectivity index (χ1n) is 9.34. The Balaban J connectivity index is 1.52. The Morgan fingerprint density at radius 1 is 1.07 bits per heavy atom. The molecule has 1 aromatic heterocycles. The molecule has 7 heteroatoms. The molecule has 1 atom stereocenters. The summed E-state index contributed by atoms with van der Waals surface area (Å²) < 4.78 is 14.1. The van der Waals surface area contributed by atoms with Crippen LogP contribution in [0.1, 0.15) is 28.8 Å². The Morgan fingerprint density at radius 3 is 2.76 bits per heavy atom. The number of fused-ring (bicyclic) bond motifs is 2. The fourth-order valence-corrected chi connectivity index (χ4v) is 4.12. The highest BCUT2D eigenvalue weighted by Gasteiger charge is 2.39. The number of hydrogen-bond acceptors (Lipinski definition) is 4. The van der Waals surface area contributed by atoms with Crippen LogP contribution in [0, 0.1) is 5.82 Å². The lowest BCUT2D eigenvalue weighted by Crippen LogP contribution is -2.52. The van der Waals surface area contributed by atoms with Gasteiger partial charge in [0.1, 0.15) is 11.9 Å². The molecular weight excluding hydrogens is 373 g/mol. The van der Waals surface area contributed by atoms with Gasteiger partial charge in [0.15, 0.2) is 0 Å². The van der Waals surface area contributed by atoms with Crippen molar-refractivity contribution in [2.45, 2.75) is 25.4 Å². The van der Waals surface area contributed by atoms with E-state index in [1.165, 1.54) is 11.0 Å². The van der Waals surface area contributed by atoms with Gasteiger partial charge in [-0.15, -0.1) is 0 Å². The summed E-state index contributed by atoms with van der Waals surface area (Å²) in [7, 11) is 0. The Hall–Kier alpha value is -3.61. The highest BCUT2D eigenvalue weighted by atomic mass is 19.1. The number of carbonyl (C=O) groups is 3. The number of imide groups is 1. The molecule has 0 saturated carbocycles. The number of rotatable bonds is 2. The monoisotopic (exact) mass is 389 g/mol. The maximum Gasteiger partial charge on any atom is 0.255 e. The molecular formula is C22H16FN3O3. The van der Waals surface area contributed by atoms with Crippen LogP contribution in [0.2, 0.25) is 0 Å². The number of halogens is 1. The largest absolute Gasteiger partial charge is 0.322 e. The normalized spacial score (nSPS) is 18.9. The SMILES string of the molecule is O=C1CCC(N2Cc3cc(-c4nccc5c(F)cccc45)ccc3C2=O)C(=O)N1. The molecule has 0 bridgehead atoms. The number of nitrogens with zero attached hydrogens (tertiary/aromatic N) is 2. The van der Waals surface area contributed by atoms with Crippen molar-refractivity contribution in [2.75, 3.05) is 0 Å². The molecule has 3 amide bonds. The van der Waals surface area contributed by atoms with Crippen molar-refractivity contribution in [1.82, 2.24) is 15.2 Å². The van der Waals surface area contributed by atoms with Gasteiger partial charge in [-0.05, 0) is 36.2 Å². The van der Waals surface area contributed by atoms with Crippen LogP contribution in [0.5, 0.6) is 0 Å². The van der Waals surface area contributed by atoms with E-state index >= 15 is 0 Å². The molecule has 1 fully saturated rings. The predicted molar refractivity (Wildman–Crippen MR) is 103 cm³/mol. The van der Waals surface area contributed by atoms with Crippen LogP contribution in [0.4, 0.5) is 4.39 Å². The third-order valence-electron chi connectivity index (χ3n) is 5.55. The standard InChI is InChI=1S/C22H16FN3O3/c23-17-3-1-2-16-15(17)8-9-24-20(16)12-4-5-14-13(10-12)11-26(22(14)29)18-6-7-19(27)25-21(18)28/h1-5,8-10,18H,6-7,11H2,(H,25,27,28). The Labute approximate surface area is 165 Å². The van der Waals surface area contributed by atoms with E-state index in [2.05, 4.69) is 10.3 Å². The number of pyridine rings is 1. The lowest BCUT2D eigenvalue weighted by atomic mass is 10.00. The van der Waals surface area contributed by atoms with Gasteiger partial charge in [0.25, 0.3) is 5.91 Å². The molecule has 29 heavy (non-hydrogen) atoms. The van der Waals surface area contributed by atoms with Crippen LogP contribution in [0.25, 0.3) is 22.0 Å². The van der Waals surface area contributed by atoms with Crippen molar-refractivity contribution >= 4 is 28.5 Å². The van der Waals surface area contributed by atoms with Crippen molar-refractivity contribution < 1.29 is 18.8 Å². The van der Waals surface area contributed by atoms with E-state index in [4.69, 9.17) is 0 Å². The van der Waals surface area contributed by atoms with E-state index in [-0.39, 0.29) is 30.6 Å². The fourth-order valence-electron chi connectivity index (χ4n) is 4.12. The van der Waals surface area contributed by atoms with Gasteiger partial charge in [0.2, 0.25) is 11.8 Å². The fraction of sp³-hybridized carbons (Fsp3) is 0.182. The van der Waals surface area contributed by atoms with Gasteiger partial charge in [-0.1, -0.05) is 18.2 Å². The lowest BCUT2D eigenvalue weighted by molar-refractivity contribution is -0.136. The van der Waals surface area contributed by atoms with Crippen LogP contribution in [-0.2, 0) is 16.1 Å². The third-order valence-corrected chi connectivity index (χ3v) is 5.55. The quantitative estimate of drug-likeness (QED) is 0.684. The average Bonchev–Trinajstić information content (AvgIpc) is 3.04. The maximum absolute atomic E-state index is 14.1. The molecule has 1 unspecified atom stereocenters.